The number of rotatable bonds is 6. The average molecular weight is 463 g/mol. The molecule has 4 aliphatic rings. The van der Waals surface area contributed by atoms with Gasteiger partial charge in [0, 0.05) is 42.7 Å². The van der Waals surface area contributed by atoms with E-state index in [1.807, 2.05) is 30.8 Å². The van der Waals surface area contributed by atoms with Crippen LogP contribution in [0.1, 0.15) is 63.4 Å². The highest BCUT2D eigenvalue weighted by atomic mass is 16.5. The van der Waals surface area contributed by atoms with Gasteiger partial charge >= 0.3 is 0 Å². The summed E-state index contributed by atoms with van der Waals surface area (Å²) in [4.78, 5) is 26.3. The summed E-state index contributed by atoms with van der Waals surface area (Å²) in [6.45, 7) is 8.75. The zero-order valence-electron chi connectivity index (χ0n) is 20.0. The molecule has 4 heterocycles. The highest BCUT2D eigenvalue weighted by molar-refractivity contribution is 6.08. The van der Waals surface area contributed by atoms with E-state index in [0.717, 1.165) is 30.2 Å². The summed E-state index contributed by atoms with van der Waals surface area (Å²) in [6.07, 6.45) is 6.52. The first kappa shape index (κ1) is 21.4. The molecule has 4 fully saturated rings. The average Bonchev–Trinajstić information content (AvgIpc) is 3.08. The number of amides is 1. The van der Waals surface area contributed by atoms with Crippen LogP contribution in [0.2, 0.25) is 0 Å². The second-order valence-corrected chi connectivity index (χ2v) is 10.8. The van der Waals surface area contributed by atoms with Crippen molar-refractivity contribution < 1.29 is 14.3 Å². The normalized spacial score (nSPS) is 29.3. The molecular formula is C26H30N4O4. The summed E-state index contributed by atoms with van der Waals surface area (Å²) in [7, 11) is 0. The minimum absolute atomic E-state index is 0.0457. The fourth-order valence-corrected chi connectivity index (χ4v) is 5.65. The summed E-state index contributed by atoms with van der Waals surface area (Å²) in [5, 5.41) is 8.50. The van der Waals surface area contributed by atoms with Crippen molar-refractivity contribution >= 4 is 22.5 Å². The van der Waals surface area contributed by atoms with Crippen LogP contribution in [-0.4, -0.2) is 38.6 Å². The van der Waals surface area contributed by atoms with Crippen LogP contribution in [0.15, 0.2) is 41.5 Å². The number of carbonyl (C=O) groups excluding carboxylic acids is 1. The van der Waals surface area contributed by atoms with Crippen LogP contribution >= 0.6 is 0 Å². The smallest absolute Gasteiger partial charge is 0.274 e. The Balaban J connectivity index is 1.35. The predicted molar refractivity (Wildman–Crippen MR) is 129 cm³/mol. The van der Waals surface area contributed by atoms with Crippen LogP contribution in [0.3, 0.4) is 0 Å². The number of ether oxygens (including phenoxy) is 2. The van der Waals surface area contributed by atoms with E-state index in [-0.39, 0.29) is 40.4 Å². The molecule has 34 heavy (non-hydrogen) atoms. The lowest BCUT2D eigenvalue weighted by Gasteiger charge is -2.42. The summed E-state index contributed by atoms with van der Waals surface area (Å²) in [5.41, 5.74) is 1.09. The first-order valence-electron chi connectivity index (χ1n) is 12.0. The lowest BCUT2D eigenvalue weighted by Crippen LogP contribution is -2.49. The highest BCUT2D eigenvalue weighted by Crippen LogP contribution is 2.55. The van der Waals surface area contributed by atoms with E-state index in [4.69, 9.17) is 14.6 Å². The van der Waals surface area contributed by atoms with Crippen molar-refractivity contribution in [2.24, 2.45) is 5.92 Å². The number of nitrogens with zero attached hydrogens (tertiary/aromatic N) is 3. The van der Waals surface area contributed by atoms with Gasteiger partial charge in [0.15, 0.2) is 0 Å². The third-order valence-corrected chi connectivity index (χ3v) is 7.44. The maximum absolute atomic E-state index is 13.4. The van der Waals surface area contributed by atoms with Crippen molar-refractivity contribution in [1.82, 2.24) is 14.3 Å². The molecule has 2 aliphatic heterocycles. The molecule has 0 radical (unpaired) electrons. The maximum Gasteiger partial charge on any atom is 0.274 e. The summed E-state index contributed by atoms with van der Waals surface area (Å²) >= 11 is 0. The van der Waals surface area contributed by atoms with E-state index < -0.39 is 0 Å². The Morgan fingerprint density at radius 1 is 1.32 bits per heavy atom. The van der Waals surface area contributed by atoms with E-state index in [9.17, 15) is 9.59 Å². The zero-order valence-corrected chi connectivity index (χ0v) is 20.0. The minimum atomic E-state index is -0.373. The van der Waals surface area contributed by atoms with Crippen LogP contribution in [0.5, 0.6) is 5.75 Å². The molecule has 2 saturated heterocycles. The lowest BCUT2D eigenvalue weighted by molar-refractivity contribution is 0.00383. The van der Waals surface area contributed by atoms with Crippen LogP contribution in [0.4, 0.5) is 5.69 Å². The Hall–Kier alpha value is -3.13. The molecule has 2 atom stereocenters. The number of nitrogens with one attached hydrogen (secondary N) is 1. The summed E-state index contributed by atoms with van der Waals surface area (Å²) < 4.78 is 15.7. The van der Waals surface area contributed by atoms with Gasteiger partial charge in [-0.05, 0) is 51.3 Å². The van der Waals surface area contributed by atoms with E-state index in [2.05, 4.69) is 19.2 Å². The van der Waals surface area contributed by atoms with Gasteiger partial charge in [-0.25, -0.2) is 0 Å². The van der Waals surface area contributed by atoms with Gasteiger partial charge in [0.25, 0.3) is 11.5 Å². The Morgan fingerprint density at radius 3 is 2.74 bits per heavy atom. The molecule has 2 aliphatic carbocycles. The molecular weight excluding hydrogens is 432 g/mol. The second-order valence-electron chi connectivity index (χ2n) is 10.8. The summed E-state index contributed by atoms with van der Waals surface area (Å²) in [5.74, 6) is 0.561. The Kier molecular flexibility index (Phi) is 4.52. The van der Waals surface area contributed by atoms with Crippen LogP contribution in [0, 0.1) is 5.92 Å². The Labute approximate surface area is 197 Å². The lowest BCUT2D eigenvalue weighted by atomic mass is 9.69. The van der Waals surface area contributed by atoms with Crippen LogP contribution < -0.4 is 15.6 Å². The van der Waals surface area contributed by atoms with Gasteiger partial charge in [-0.15, -0.1) is 0 Å². The molecule has 1 aromatic carbocycles. The highest BCUT2D eigenvalue weighted by Gasteiger charge is 2.61. The monoisotopic (exact) mass is 462 g/mol. The van der Waals surface area contributed by atoms with Crippen molar-refractivity contribution in [3.8, 4) is 5.75 Å². The van der Waals surface area contributed by atoms with Crippen molar-refractivity contribution in [3.05, 3.63) is 52.6 Å². The number of pyridine rings is 1. The molecule has 2 unspecified atom stereocenters. The maximum atomic E-state index is 13.4. The molecule has 1 N–H and O–H groups in total. The van der Waals surface area contributed by atoms with Crippen molar-refractivity contribution in [2.75, 3.05) is 11.9 Å². The molecule has 178 valence electrons. The second kappa shape index (κ2) is 7.18. The first-order chi connectivity index (χ1) is 16.2. The van der Waals surface area contributed by atoms with Crippen molar-refractivity contribution in [3.63, 3.8) is 0 Å². The molecule has 8 heteroatoms. The predicted octanol–water partition coefficient (Wildman–Crippen LogP) is 4.10. The third kappa shape index (κ3) is 3.35. The number of anilines is 1. The van der Waals surface area contributed by atoms with Crippen LogP contribution in [-0.2, 0) is 10.3 Å². The molecule has 0 spiro atoms. The van der Waals surface area contributed by atoms with Gasteiger partial charge in [-0.1, -0.05) is 6.92 Å². The largest absolute Gasteiger partial charge is 0.490 e. The fourth-order valence-electron chi connectivity index (χ4n) is 5.65. The molecule has 7 rings (SSSR count). The summed E-state index contributed by atoms with van der Waals surface area (Å²) in [6, 6.07) is 7.28. The van der Waals surface area contributed by atoms with Gasteiger partial charge in [0.2, 0.25) is 0 Å². The quantitative estimate of drug-likeness (QED) is 0.596. The molecule has 2 bridgehead atoms. The Bertz CT molecular complexity index is 1360. The van der Waals surface area contributed by atoms with Gasteiger partial charge in [0.05, 0.1) is 34.9 Å². The van der Waals surface area contributed by atoms with Crippen molar-refractivity contribution in [1.29, 1.82) is 0 Å². The van der Waals surface area contributed by atoms with Gasteiger partial charge in [-0.3, -0.25) is 14.3 Å². The SMILES string of the molecule is CC(C)Oc1cc2nn(C34COC(C)(C3)C4)cc2cc1C(=O)Nc1cccn(C2CC2C)c1=O. The van der Waals surface area contributed by atoms with E-state index in [1.165, 1.54) is 0 Å². The van der Waals surface area contributed by atoms with Crippen LogP contribution in [0.25, 0.3) is 10.9 Å². The number of hydrogen-bond donors (Lipinski definition) is 1. The molecule has 3 aromatic rings. The molecule has 2 aromatic heterocycles. The molecule has 1 amide bonds. The third-order valence-electron chi connectivity index (χ3n) is 7.44. The number of benzene rings is 1. The van der Waals surface area contributed by atoms with Gasteiger partial charge in [-0.2, -0.15) is 5.10 Å². The standard InChI is InChI=1S/C26H30N4O4/c1-15(2)34-22-10-20-17(11-30(28-20)26-12-25(4,13-26)33-14-26)9-18(22)23(31)27-19-6-5-7-29(24(19)32)21-8-16(21)3/h5-7,9-11,15-16,21H,8,12-14H2,1-4H3,(H,27,31). The fraction of sp³-hybridized carbons (Fsp3) is 0.500. The van der Waals surface area contributed by atoms with E-state index in [1.54, 1.807) is 29.0 Å². The Morgan fingerprint density at radius 2 is 2.09 bits per heavy atom. The van der Waals surface area contributed by atoms with E-state index in [0.29, 0.717) is 23.8 Å². The number of aromatic nitrogens is 3. The number of hydrogen-bond acceptors (Lipinski definition) is 5. The van der Waals surface area contributed by atoms with Crippen molar-refractivity contribution in [2.45, 2.75) is 70.2 Å². The van der Waals surface area contributed by atoms with E-state index >= 15 is 0 Å². The zero-order chi connectivity index (χ0) is 23.8. The molecule has 2 saturated carbocycles. The first-order valence-corrected chi connectivity index (χ1v) is 12.0. The molecule has 8 nitrogen and oxygen atoms in total. The number of fused-ring (bicyclic) bond motifs is 2. The topological polar surface area (TPSA) is 87.4 Å². The van der Waals surface area contributed by atoms with Gasteiger partial charge < -0.3 is 19.4 Å². The van der Waals surface area contributed by atoms with Gasteiger partial charge in [0.1, 0.15) is 11.4 Å². The number of carbonyl (C=O) groups is 1. The minimum Gasteiger partial charge on any atom is -0.490 e.